The molecule has 0 saturated heterocycles. The van der Waals surface area contributed by atoms with E-state index in [-0.39, 0.29) is 6.10 Å². The van der Waals surface area contributed by atoms with Crippen molar-refractivity contribution in [3.63, 3.8) is 0 Å². The van der Waals surface area contributed by atoms with Crippen LogP contribution < -0.4 is 10.1 Å². The quantitative estimate of drug-likeness (QED) is 0.885. The lowest BCUT2D eigenvalue weighted by atomic mass is 9.75. The fourth-order valence-corrected chi connectivity index (χ4v) is 2.75. The topological polar surface area (TPSA) is 34.1 Å². The summed E-state index contributed by atoms with van der Waals surface area (Å²) in [7, 11) is 0. The number of hydrogen-bond acceptors (Lipinski definition) is 3. The van der Waals surface area contributed by atoms with Crippen molar-refractivity contribution in [1.29, 1.82) is 0 Å². The van der Waals surface area contributed by atoms with E-state index in [1.807, 2.05) is 19.9 Å². The number of hydrogen-bond donors (Lipinski definition) is 1. The Kier molecular flexibility index (Phi) is 5.03. The van der Waals surface area contributed by atoms with Crippen molar-refractivity contribution >= 4 is 0 Å². The van der Waals surface area contributed by atoms with Gasteiger partial charge >= 0.3 is 0 Å². The number of nitrogens with zero attached hydrogens (tertiary/aromatic N) is 1. The Hall–Kier alpha value is -1.09. The molecule has 3 nitrogen and oxygen atoms in total. The van der Waals surface area contributed by atoms with Crippen LogP contribution in [-0.2, 0) is 6.54 Å². The van der Waals surface area contributed by atoms with Crippen LogP contribution in [0, 0.1) is 5.41 Å². The lowest BCUT2D eigenvalue weighted by Crippen LogP contribution is -2.35. The summed E-state index contributed by atoms with van der Waals surface area (Å²) in [6, 6.07) is 4.72. The highest BCUT2D eigenvalue weighted by Gasteiger charge is 2.26. The van der Waals surface area contributed by atoms with Crippen LogP contribution in [0.15, 0.2) is 18.3 Å². The smallest absolute Gasteiger partial charge is 0.218 e. The molecule has 1 aromatic heterocycles. The third-order valence-electron chi connectivity index (χ3n) is 4.12. The lowest BCUT2D eigenvalue weighted by molar-refractivity contribution is 0.203. The lowest BCUT2D eigenvalue weighted by Gasteiger charge is -2.34. The molecule has 1 aliphatic rings. The molecule has 20 heavy (non-hydrogen) atoms. The van der Waals surface area contributed by atoms with E-state index < -0.39 is 0 Å². The van der Waals surface area contributed by atoms with Crippen LogP contribution in [0.25, 0.3) is 0 Å². The van der Waals surface area contributed by atoms with Crippen molar-refractivity contribution in [2.24, 2.45) is 5.41 Å². The van der Waals surface area contributed by atoms with Gasteiger partial charge in [-0.05, 0) is 51.0 Å². The maximum absolute atomic E-state index is 5.77. The average molecular weight is 276 g/mol. The average Bonchev–Trinajstić information content (AvgIpc) is 2.38. The fourth-order valence-electron chi connectivity index (χ4n) is 2.75. The van der Waals surface area contributed by atoms with E-state index in [9.17, 15) is 0 Å². The highest BCUT2D eigenvalue weighted by molar-refractivity contribution is 5.25. The van der Waals surface area contributed by atoms with Gasteiger partial charge in [-0.3, -0.25) is 0 Å². The highest BCUT2D eigenvalue weighted by Crippen LogP contribution is 2.35. The Bertz CT molecular complexity index is 419. The van der Waals surface area contributed by atoms with Crippen LogP contribution >= 0.6 is 0 Å². The van der Waals surface area contributed by atoms with Crippen LogP contribution in [0.5, 0.6) is 5.88 Å². The van der Waals surface area contributed by atoms with Crippen molar-refractivity contribution in [1.82, 2.24) is 10.3 Å². The monoisotopic (exact) mass is 276 g/mol. The first-order chi connectivity index (χ1) is 9.46. The van der Waals surface area contributed by atoms with Crippen molar-refractivity contribution in [2.75, 3.05) is 0 Å². The van der Waals surface area contributed by atoms with E-state index in [0.717, 1.165) is 18.0 Å². The van der Waals surface area contributed by atoms with E-state index >= 15 is 0 Å². The maximum atomic E-state index is 5.77. The fraction of sp³-hybridized carbons (Fsp3) is 0.706. The number of rotatable bonds is 5. The second-order valence-corrected chi connectivity index (χ2v) is 6.95. The minimum Gasteiger partial charge on any atom is -0.475 e. The predicted molar refractivity (Wildman–Crippen MR) is 82.9 cm³/mol. The molecule has 0 atom stereocenters. The molecule has 112 valence electrons. The van der Waals surface area contributed by atoms with Gasteiger partial charge in [-0.1, -0.05) is 19.9 Å². The molecule has 0 bridgehead atoms. The zero-order valence-corrected chi connectivity index (χ0v) is 13.3. The summed E-state index contributed by atoms with van der Waals surface area (Å²) < 4.78 is 5.77. The molecule has 0 aromatic carbocycles. The molecule has 0 amide bonds. The molecule has 1 aliphatic carbocycles. The molecule has 1 fully saturated rings. The predicted octanol–water partition coefficient (Wildman–Crippen LogP) is 3.93. The third kappa shape index (κ3) is 4.48. The van der Waals surface area contributed by atoms with Gasteiger partial charge in [0.1, 0.15) is 0 Å². The normalized spacial score (nSPS) is 19.2. The molecule has 0 spiro atoms. The van der Waals surface area contributed by atoms with E-state index in [0.29, 0.717) is 11.5 Å². The minimum absolute atomic E-state index is 0.166. The molecule has 0 radical (unpaired) electrons. The Morgan fingerprint density at radius 1 is 1.35 bits per heavy atom. The molecule has 1 aromatic rings. The summed E-state index contributed by atoms with van der Waals surface area (Å²) in [6.45, 7) is 9.67. The van der Waals surface area contributed by atoms with Gasteiger partial charge < -0.3 is 10.1 Å². The summed E-state index contributed by atoms with van der Waals surface area (Å²) in [6.07, 6.45) is 7.13. The van der Waals surface area contributed by atoms with Crippen LogP contribution in [0.4, 0.5) is 0 Å². The summed E-state index contributed by atoms with van der Waals surface area (Å²) in [5.74, 6) is 0.770. The molecular weight excluding hydrogens is 248 g/mol. The van der Waals surface area contributed by atoms with E-state index in [4.69, 9.17) is 4.74 Å². The first-order valence-electron chi connectivity index (χ1n) is 7.80. The first-order valence-corrected chi connectivity index (χ1v) is 7.80. The number of pyridine rings is 1. The summed E-state index contributed by atoms with van der Waals surface area (Å²) >= 11 is 0. The Morgan fingerprint density at radius 3 is 2.70 bits per heavy atom. The molecule has 2 rings (SSSR count). The van der Waals surface area contributed by atoms with Crippen LogP contribution in [0.2, 0.25) is 0 Å². The van der Waals surface area contributed by atoms with Gasteiger partial charge in [-0.15, -0.1) is 0 Å². The molecule has 1 N–H and O–H groups in total. The van der Waals surface area contributed by atoms with Crippen LogP contribution in [0.3, 0.4) is 0 Å². The van der Waals surface area contributed by atoms with Gasteiger partial charge in [0.15, 0.2) is 0 Å². The maximum Gasteiger partial charge on any atom is 0.218 e. The molecule has 1 heterocycles. The van der Waals surface area contributed by atoms with Gasteiger partial charge in [0, 0.05) is 24.3 Å². The van der Waals surface area contributed by atoms with Crippen molar-refractivity contribution in [3.8, 4) is 5.88 Å². The van der Waals surface area contributed by atoms with Crippen LogP contribution in [-0.4, -0.2) is 17.1 Å². The summed E-state index contributed by atoms with van der Waals surface area (Å²) in [5.41, 5.74) is 1.68. The molecule has 1 saturated carbocycles. The SMILES string of the molecule is CC(C)Oc1ncccc1CNC1CCC(C)(C)CC1. The van der Waals surface area contributed by atoms with Gasteiger partial charge in [0.25, 0.3) is 0 Å². The second kappa shape index (κ2) is 6.57. The summed E-state index contributed by atoms with van der Waals surface area (Å²) in [5, 5.41) is 3.67. The molecular formula is C17H28N2O. The van der Waals surface area contributed by atoms with E-state index in [2.05, 4.69) is 30.2 Å². The van der Waals surface area contributed by atoms with Gasteiger partial charge in [0.05, 0.1) is 6.10 Å². The van der Waals surface area contributed by atoms with Crippen molar-refractivity contribution < 1.29 is 4.74 Å². The molecule has 0 aliphatic heterocycles. The zero-order chi connectivity index (χ0) is 14.6. The van der Waals surface area contributed by atoms with Gasteiger partial charge in [-0.25, -0.2) is 4.98 Å². The molecule has 3 heteroatoms. The first kappa shape index (κ1) is 15.3. The van der Waals surface area contributed by atoms with E-state index in [1.54, 1.807) is 6.20 Å². The van der Waals surface area contributed by atoms with Crippen LogP contribution in [0.1, 0.15) is 58.9 Å². The zero-order valence-electron chi connectivity index (χ0n) is 13.3. The third-order valence-corrected chi connectivity index (χ3v) is 4.12. The Morgan fingerprint density at radius 2 is 2.05 bits per heavy atom. The largest absolute Gasteiger partial charge is 0.475 e. The number of aromatic nitrogens is 1. The standard InChI is InChI=1S/C17H28N2O/c1-13(2)20-16-14(6-5-11-18-16)12-19-15-7-9-17(3,4)10-8-15/h5-6,11,13,15,19H,7-10,12H2,1-4H3. The second-order valence-electron chi connectivity index (χ2n) is 6.95. The number of nitrogens with one attached hydrogen (secondary N) is 1. The molecule has 0 unspecified atom stereocenters. The van der Waals surface area contributed by atoms with Crippen molar-refractivity contribution in [3.05, 3.63) is 23.9 Å². The highest BCUT2D eigenvalue weighted by atomic mass is 16.5. The van der Waals surface area contributed by atoms with Gasteiger partial charge in [-0.2, -0.15) is 0 Å². The summed E-state index contributed by atoms with van der Waals surface area (Å²) in [4.78, 5) is 4.34. The van der Waals surface area contributed by atoms with E-state index in [1.165, 1.54) is 25.7 Å². The van der Waals surface area contributed by atoms with Crippen molar-refractivity contribution in [2.45, 2.75) is 72.1 Å². The Balaban J connectivity index is 1.88. The Labute approximate surface area is 123 Å². The van der Waals surface area contributed by atoms with Gasteiger partial charge in [0.2, 0.25) is 5.88 Å². The number of ether oxygens (including phenoxy) is 1. The minimum atomic E-state index is 0.166.